The van der Waals surface area contributed by atoms with Crippen LogP contribution in [0.3, 0.4) is 0 Å². The first-order valence-electron chi connectivity index (χ1n) is 5.17. The van der Waals surface area contributed by atoms with Gasteiger partial charge in [0, 0.05) is 25.5 Å². The summed E-state index contributed by atoms with van der Waals surface area (Å²) in [5.41, 5.74) is 0.542. The lowest BCUT2D eigenvalue weighted by atomic mass is 10.5. The van der Waals surface area contributed by atoms with Gasteiger partial charge < -0.3 is 9.67 Å². The molecule has 0 aliphatic heterocycles. The van der Waals surface area contributed by atoms with Gasteiger partial charge in [0.25, 0.3) is 0 Å². The van der Waals surface area contributed by atoms with E-state index in [9.17, 15) is 8.42 Å². The second-order valence-electron chi connectivity index (χ2n) is 3.57. The fourth-order valence-electron chi connectivity index (χ4n) is 1.49. The van der Waals surface area contributed by atoms with E-state index in [4.69, 9.17) is 11.5 Å². The maximum absolute atomic E-state index is 12.2. The SMILES string of the molecule is C#CCN(CC)S(=O)(=O)c1cc(CO)n(C)c1. The van der Waals surface area contributed by atoms with E-state index in [2.05, 4.69) is 5.92 Å². The molecule has 0 bridgehead atoms. The Labute approximate surface area is 102 Å². The summed E-state index contributed by atoms with van der Waals surface area (Å²) in [4.78, 5) is 0.154. The summed E-state index contributed by atoms with van der Waals surface area (Å²) < 4.78 is 27.1. The highest BCUT2D eigenvalue weighted by Crippen LogP contribution is 2.18. The van der Waals surface area contributed by atoms with Gasteiger partial charge in [-0.15, -0.1) is 6.42 Å². The van der Waals surface area contributed by atoms with E-state index >= 15 is 0 Å². The lowest BCUT2D eigenvalue weighted by molar-refractivity contribution is 0.272. The van der Waals surface area contributed by atoms with E-state index in [0.717, 1.165) is 0 Å². The van der Waals surface area contributed by atoms with Gasteiger partial charge in [0.15, 0.2) is 0 Å². The zero-order valence-corrected chi connectivity index (χ0v) is 10.7. The molecule has 1 aromatic heterocycles. The molecule has 1 aromatic rings. The first kappa shape index (κ1) is 13.8. The molecular formula is C11H16N2O3S. The van der Waals surface area contributed by atoms with Crippen molar-refractivity contribution in [1.82, 2.24) is 8.87 Å². The summed E-state index contributed by atoms with van der Waals surface area (Å²) in [7, 11) is -1.88. The van der Waals surface area contributed by atoms with Crippen molar-refractivity contribution in [3.05, 3.63) is 18.0 Å². The minimum absolute atomic E-state index is 0.0438. The largest absolute Gasteiger partial charge is 0.390 e. The van der Waals surface area contributed by atoms with E-state index in [1.165, 1.54) is 16.6 Å². The number of terminal acetylenes is 1. The van der Waals surface area contributed by atoms with Crippen molar-refractivity contribution < 1.29 is 13.5 Å². The van der Waals surface area contributed by atoms with Crippen LogP contribution in [0.25, 0.3) is 0 Å². The van der Waals surface area contributed by atoms with Gasteiger partial charge in [0.1, 0.15) is 4.90 Å². The Morgan fingerprint density at radius 1 is 1.59 bits per heavy atom. The molecule has 5 nitrogen and oxygen atoms in total. The fraction of sp³-hybridized carbons (Fsp3) is 0.455. The number of aliphatic hydroxyl groups excluding tert-OH is 1. The average Bonchev–Trinajstić information content (AvgIpc) is 2.67. The molecule has 1 rings (SSSR count). The standard InChI is InChI=1S/C11H16N2O3S/c1-4-6-13(5-2)17(15,16)11-7-10(9-14)12(3)8-11/h1,7-8,14H,5-6,9H2,2-3H3. The van der Waals surface area contributed by atoms with Crippen LogP contribution in [0.1, 0.15) is 12.6 Å². The van der Waals surface area contributed by atoms with Crippen LogP contribution in [-0.2, 0) is 23.7 Å². The summed E-state index contributed by atoms with van der Waals surface area (Å²) >= 11 is 0. The lowest BCUT2D eigenvalue weighted by Gasteiger charge is -2.16. The third-order valence-electron chi connectivity index (χ3n) is 2.50. The van der Waals surface area contributed by atoms with Crippen molar-refractivity contribution in [2.75, 3.05) is 13.1 Å². The van der Waals surface area contributed by atoms with Gasteiger partial charge in [0.2, 0.25) is 10.0 Å². The van der Waals surface area contributed by atoms with Crippen molar-refractivity contribution in [3.8, 4) is 12.3 Å². The second kappa shape index (κ2) is 5.36. The van der Waals surface area contributed by atoms with E-state index in [1.54, 1.807) is 18.5 Å². The molecule has 0 radical (unpaired) electrons. The second-order valence-corrected chi connectivity index (χ2v) is 5.51. The van der Waals surface area contributed by atoms with Crippen LogP contribution < -0.4 is 0 Å². The zero-order chi connectivity index (χ0) is 13.1. The van der Waals surface area contributed by atoms with Gasteiger partial charge in [0.05, 0.1) is 13.2 Å². The van der Waals surface area contributed by atoms with Crippen molar-refractivity contribution in [1.29, 1.82) is 0 Å². The van der Waals surface area contributed by atoms with Crippen molar-refractivity contribution >= 4 is 10.0 Å². The first-order chi connectivity index (χ1) is 7.97. The van der Waals surface area contributed by atoms with Crippen molar-refractivity contribution in [2.45, 2.75) is 18.4 Å². The molecule has 0 saturated carbocycles. The molecule has 94 valence electrons. The Morgan fingerprint density at radius 3 is 2.65 bits per heavy atom. The molecule has 0 aliphatic carbocycles. The number of hydrogen-bond acceptors (Lipinski definition) is 3. The van der Waals surface area contributed by atoms with Gasteiger partial charge >= 0.3 is 0 Å². The van der Waals surface area contributed by atoms with Gasteiger partial charge in [-0.25, -0.2) is 8.42 Å². The predicted molar refractivity (Wildman–Crippen MR) is 64.6 cm³/mol. The van der Waals surface area contributed by atoms with Crippen LogP contribution in [-0.4, -0.2) is 35.5 Å². The molecule has 0 fully saturated rings. The number of sulfonamides is 1. The summed E-state index contributed by atoms with van der Waals surface area (Å²) in [6, 6.07) is 1.45. The molecule has 0 unspecified atom stereocenters. The van der Waals surface area contributed by atoms with E-state index in [0.29, 0.717) is 12.2 Å². The number of nitrogens with zero attached hydrogens (tertiary/aromatic N) is 2. The molecule has 1 N–H and O–H groups in total. The van der Waals surface area contributed by atoms with Crippen LogP contribution in [0.5, 0.6) is 0 Å². The number of aliphatic hydroxyl groups is 1. The maximum atomic E-state index is 12.2. The van der Waals surface area contributed by atoms with E-state index in [1.807, 2.05) is 0 Å². The molecule has 0 amide bonds. The summed E-state index contributed by atoms with van der Waals surface area (Å²) in [6.07, 6.45) is 6.61. The van der Waals surface area contributed by atoms with Crippen LogP contribution >= 0.6 is 0 Å². The number of rotatable bonds is 5. The van der Waals surface area contributed by atoms with Gasteiger partial charge in [-0.2, -0.15) is 4.31 Å². The Balaban J connectivity index is 3.16. The molecule has 6 heteroatoms. The first-order valence-corrected chi connectivity index (χ1v) is 6.61. The highest BCUT2D eigenvalue weighted by atomic mass is 32.2. The van der Waals surface area contributed by atoms with E-state index in [-0.39, 0.29) is 18.0 Å². The monoisotopic (exact) mass is 256 g/mol. The van der Waals surface area contributed by atoms with Gasteiger partial charge in [-0.05, 0) is 6.07 Å². The molecule has 1 heterocycles. The minimum Gasteiger partial charge on any atom is -0.390 e. The minimum atomic E-state index is -3.57. The van der Waals surface area contributed by atoms with Gasteiger partial charge in [-0.3, -0.25) is 0 Å². The average molecular weight is 256 g/mol. The number of aromatic nitrogens is 1. The lowest BCUT2D eigenvalue weighted by Crippen LogP contribution is -2.31. The molecular weight excluding hydrogens is 240 g/mol. The molecule has 0 atom stereocenters. The Morgan fingerprint density at radius 2 is 2.24 bits per heavy atom. The molecule has 0 saturated heterocycles. The predicted octanol–water partition coefficient (Wildman–Crippen LogP) is 0.161. The smallest absolute Gasteiger partial charge is 0.245 e. The topological polar surface area (TPSA) is 62.5 Å². The third-order valence-corrected chi connectivity index (χ3v) is 4.39. The third kappa shape index (κ3) is 2.69. The maximum Gasteiger partial charge on any atom is 0.245 e. The van der Waals surface area contributed by atoms with Crippen LogP contribution in [0.2, 0.25) is 0 Å². The molecule has 0 aliphatic rings. The summed E-state index contributed by atoms with van der Waals surface area (Å²) in [5.74, 6) is 2.32. The highest BCUT2D eigenvalue weighted by molar-refractivity contribution is 7.89. The Kier molecular flexibility index (Phi) is 4.34. The van der Waals surface area contributed by atoms with Crippen LogP contribution in [0.15, 0.2) is 17.2 Å². The van der Waals surface area contributed by atoms with Crippen molar-refractivity contribution in [3.63, 3.8) is 0 Å². The normalized spacial score (nSPS) is 11.7. The molecule has 0 aromatic carbocycles. The Hall–Kier alpha value is -1.29. The number of aryl methyl sites for hydroxylation is 1. The van der Waals surface area contributed by atoms with Gasteiger partial charge in [-0.1, -0.05) is 12.8 Å². The molecule has 17 heavy (non-hydrogen) atoms. The van der Waals surface area contributed by atoms with Crippen LogP contribution in [0, 0.1) is 12.3 Å². The number of hydrogen-bond donors (Lipinski definition) is 1. The Bertz CT molecular complexity index is 525. The van der Waals surface area contributed by atoms with Crippen molar-refractivity contribution in [2.24, 2.45) is 7.05 Å². The molecule has 0 spiro atoms. The van der Waals surface area contributed by atoms with Crippen LogP contribution in [0.4, 0.5) is 0 Å². The fourth-order valence-corrected chi connectivity index (χ4v) is 2.95. The van der Waals surface area contributed by atoms with E-state index < -0.39 is 10.0 Å². The summed E-state index contributed by atoms with van der Waals surface area (Å²) in [5, 5.41) is 9.04. The summed E-state index contributed by atoms with van der Waals surface area (Å²) in [6.45, 7) is 1.89. The quantitative estimate of drug-likeness (QED) is 0.763. The highest BCUT2D eigenvalue weighted by Gasteiger charge is 2.24. The zero-order valence-electron chi connectivity index (χ0n) is 9.92.